The second-order valence-electron chi connectivity index (χ2n) is 3.97. The van der Waals surface area contributed by atoms with Gasteiger partial charge in [0.05, 0.1) is 33.3 Å². The van der Waals surface area contributed by atoms with Crippen LogP contribution >= 0.6 is 34.8 Å². The molecule has 0 saturated heterocycles. The van der Waals surface area contributed by atoms with Crippen LogP contribution in [0.3, 0.4) is 0 Å². The Bertz CT molecular complexity index is 656. The Morgan fingerprint density at radius 3 is 2.63 bits per heavy atom. The summed E-state index contributed by atoms with van der Waals surface area (Å²) in [5.74, 6) is 0. The largest absolute Gasteiger partial charge is 0.343 e. The summed E-state index contributed by atoms with van der Waals surface area (Å²) in [4.78, 5) is 6.01. The summed E-state index contributed by atoms with van der Waals surface area (Å²) in [7, 11) is 0. The summed E-state index contributed by atoms with van der Waals surface area (Å²) < 4.78 is 0. The molecule has 0 aliphatic carbocycles. The zero-order valence-electron chi connectivity index (χ0n) is 9.57. The van der Waals surface area contributed by atoms with Crippen molar-refractivity contribution in [2.75, 3.05) is 10.2 Å². The SMILES string of the molecule is ClC1=CN(c2cccnc2)c2cc(Cl)c(Cl)cc2N1. The smallest absolute Gasteiger partial charge is 0.123 e. The lowest BCUT2D eigenvalue weighted by molar-refractivity contribution is 1.20. The number of hydrogen-bond acceptors (Lipinski definition) is 3. The van der Waals surface area contributed by atoms with Gasteiger partial charge in [0.1, 0.15) is 5.16 Å². The summed E-state index contributed by atoms with van der Waals surface area (Å²) in [5.41, 5.74) is 2.55. The van der Waals surface area contributed by atoms with Gasteiger partial charge < -0.3 is 10.2 Å². The minimum atomic E-state index is 0.477. The summed E-state index contributed by atoms with van der Waals surface area (Å²) in [5, 5.41) is 4.51. The first-order valence-corrected chi connectivity index (χ1v) is 6.61. The van der Waals surface area contributed by atoms with Crippen LogP contribution in [0.5, 0.6) is 0 Å². The van der Waals surface area contributed by atoms with Gasteiger partial charge >= 0.3 is 0 Å². The molecule has 0 radical (unpaired) electrons. The Hall–Kier alpha value is -1.42. The van der Waals surface area contributed by atoms with Gasteiger partial charge in [0.2, 0.25) is 0 Å². The van der Waals surface area contributed by atoms with E-state index in [1.165, 1.54) is 0 Å². The minimum absolute atomic E-state index is 0.477. The number of anilines is 3. The average Bonchev–Trinajstić information content (AvgIpc) is 2.41. The van der Waals surface area contributed by atoms with Crippen LogP contribution in [0, 0.1) is 0 Å². The van der Waals surface area contributed by atoms with Gasteiger partial charge in [0, 0.05) is 12.4 Å². The molecule has 3 rings (SSSR count). The number of benzene rings is 1. The molecule has 1 N–H and O–H groups in total. The quantitative estimate of drug-likeness (QED) is 0.752. The molecule has 0 unspecified atom stereocenters. The summed E-state index contributed by atoms with van der Waals surface area (Å²) in [6.45, 7) is 0. The Kier molecular flexibility index (Phi) is 3.27. The average molecular weight is 313 g/mol. The van der Waals surface area contributed by atoms with E-state index >= 15 is 0 Å². The van der Waals surface area contributed by atoms with Crippen molar-refractivity contribution in [2.24, 2.45) is 0 Å². The van der Waals surface area contributed by atoms with Gasteiger partial charge in [-0.15, -0.1) is 0 Å². The molecule has 0 saturated carbocycles. The highest BCUT2D eigenvalue weighted by atomic mass is 35.5. The van der Waals surface area contributed by atoms with Gasteiger partial charge in [-0.3, -0.25) is 4.98 Å². The maximum atomic E-state index is 6.09. The number of aromatic nitrogens is 1. The molecule has 19 heavy (non-hydrogen) atoms. The van der Waals surface area contributed by atoms with Crippen LogP contribution in [0.4, 0.5) is 17.1 Å². The first-order valence-electron chi connectivity index (χ1n) is 5.48. The second kappa shape index (κ2) is 4.93. The Morgan fingerprint density at radius 1 is 1.11 bits per heavy atom. The van der Waals surface area contributed by atoms with Crippen molar-refractivity contribution in [3.05, 3.63) is 58.1 Å². The lowest BCUT2D eigenvalue weighted by Crippen LogP contribution is -2.17. The van der Waals surface area contributed by atoms with Crippen LogP contribution in [-0.4, -0.2) is 4.98 Å². The molecule has 0 bridgehead atoms. The highest BCUT2D eigenvalue weighted by molar-refractivity contribution is 6.42. The number of hydrogen-bond donors (Lipinski definition) is 1. The molecule has 1 aromatic heterocycles. The minimum Gasteiger partial charge on any atom is -0.343 e. The third-order valence-corrected chi connectivity index (χ3v) is 3.63. The molecule has 2 heterocycles. The van der Waals surface area contributed by atoms with E-state index in [4.69, 9.17) is 34.8 Å². The molecule has 0 atom stereocenters. The van der Waals surface area contributed by atoms with Crippen molar-refractivity contribution in [1.82, 2.24) is 4.98 Å². The molecule has 0 fully saturated rings. The lowest BCUT2D eigenvalue weighted by atomic mass is 10.2. The summed E-state index contributed by atoms with van der Waals surface area (Å²) >= 11 is 18.2. The van der Waals surface area contributed by atoms with Crippen molar-refractivity contribution in [3.8, 4) is 0 Å². The molecule has 96 valence electrons. The van der Waals surface area contributed by atoms with E-state index in [1.807, 2.05) is 17.0 Å². The van der Waals surface area contributed by atoms with Gasteiger partial charge in [0.25, 0.3) is 0 Å². The van der Waals surface area contributed by atoms with Gasteiger partial charge in [-0.25, -0.2) is 0 Å². The molecular formula is C13H8Cl3N3. The van der Waals surface area contributed by atoms with Crippen LogP contribution < -0.4 is 10.2 Å². The predicted octanol–water partition coefficient (Wildman–Crippen LogP) is 4.99. The highest BCUT2D eigenvalue weighted by Gasteiger charge is 2.19. The van der Waals surface area contributed by atoms with Gasteiger partial charge in [-0.1, -0.05) is 34.8 Å². The van der Waals surface area contributed by atoms with Crippen molar-refractivity contribution in [2.45, 2.75) is 0 Å². The fourth-order valence-corrected chi connectivity index (χ4v) is 2.41. The third-order valence-electron chi connectivity index (χ3n) is 2.72. The van der Waals surface area contributed by atoms with Crippen molar-refractivity contribution in [1.29, 1.82) is 0 Å². The van der Waals surface area contributed by atoms with Crippen LogP contribution in [-0.2, 0) is 0 Å². The van der Waals surface area contributed by atoms with Gasteiger partial charge in [-0.2, -0.15) is 0 Å². The van der Waals surface area contributed by atoms with Gasteiger partial charge in [-0.05, 0) is 24.3 Å². The Labute approximate surface area is 125 Å². The number of nitrogens with zero attached hydrogens (tertiary/aromatic N) is 2. The van der Waals surface area contributed by atoms with Gasteiger partial charge in [0.15, 0.2) is 0 Å². The number of nitrogens with one attached hydrogen (secondary N) is 1. The van der Waals surface area contributed by atoms with Crippen molar-refractivity contribution >= 4 is 51.9 Å². The van der Waals surface area contributed by atoms with Crippen LogP contribution in [0.25, 0.3) is 0 Å². The maximum absolute atomic E-state index is 6.09. The van der Waals surface area contributed by atoms with E-state index in [9.17, 15) is 0 Å². The predicted molar refractivity (Wildman–Crippen MR) is 80.4 cm³/mol. The standard InChI is InChI=1S/C13H8Cl3N3/c14-9-4-11-12(5-10(9)15)19(7-13(16)18-11)8-2-1-3-17-6-8/h1-7,18H. The zero-order valence-corrected chi connectivity index (χ0v) is 11.8. The first-order chi connectivity index (χ1) is 9.15. The van der Waals surface area contributed by atoms with Crippen LogP contribution in [0.15, 0.2) is 48.0 Å². The number of rotatable bonds is 1. The van der Waals surface area contributed by atoms with Crippen molar-refractivity contribution in [3.63, 3.8) is 0 Å². The maximum Gasteiger partial charge on any atom is 0.123 e. The van der Waals surface area contributed by atoms with Crippen LogP contribution in [0.2, 0.25) is 10.0 Å². The zero-order chi connectivity index (χ0) is 13.4. The van der Waals surface area contributed by atoms with Crippen LogP contribution in [0.1, 0.15) is 0 Å². The van der Waals surface area contributed by atoms with Crippen molar-refractivity contribution < 1.29 is 0 Å². The fraction of sp³-hybridized carbons (Fsp3) is 0. The second-order valence-corrected chi connectivity index (χ2v) is 5.19. The Balaban J connectivity index is 2.16. The lowest BCUT2D eigenvalue weighted by Gasteiger charge is -2.28. The molecule has 0 amide bonds. The van der Waals surface area contributed by atoms with E-state index in [-0.39, 0.29) is 0 Å². The van der Waals surface area contributed by atoms with E-state index in [0.29, 0.717) is 15.2 Å². The number of pyridine rings is 1. The molecular weight excluding hydrogens is 305 g/mol. The molecule has 1 aliphatic rings. The molecule has 2 aromatic rings. The normalized spacial score (nSPS) is 13.6. The van der Waals surface area contributed by atoms with E-state index in [2.05, 4.69) is 10.3 Å². The third kappa shape index (κ3) is 2.37. The Morgan fingerprint density at radius 2 is 1.89 bits per heavy atom. The van der Waals surface area contributed by atoms with E-state index in [0.717, 1.165) is 17.1 Å². The topological polar surface area (TPSA) is 28.2 Å². The summed E-state index contributed by atoms with van der Waals surface area (Å²) in [6, 6.07) is 7.33. The number of fused-ring (bicyclic) bond motifs is 1. The fourth-order valence-electron chi connectivity index (χ4n) is 1.89. The molecule has 3 nitrogen and oxygen atoms in total. The molecule has 1 aromatic carbocycles. The van der Waals surface area contributed by atoms with E-state index in [1.54, 1.807) is 30.7 Å². The highest BCUT2D eigenvalue weighted by Crippen LogP contribution is 2.41. The molecule has 0 spiro atoms. The molecule has 6 heteroatoms. The monoisotopic (exact) mass is 311 g/mol. The van der Waals surface area contributed by atoms with E-state index < -0.39 is 0 Å². The molecule has 1 aliphatic heterocycles. The summed E-state index contributed by atoms with van der Waals surface area (Å²) in [6.07, 6.45) is 5.23. The number of halogens is 3. The first kappa shape index (κ1) is 12.6.